The molecular formula is C29H30ClNO5. The molecule has 2 aromatic carbocycles. The number of carbonyl (C=O) groups is 2. The van der Waals surface area contributed by atoms with E-state index in [0.717, 1.165) is 40.9 Å². The summed E-state index contributed by atoms with van der Waals surface area (Å²) in [5.41, 5.74) is 4.20. The monoisotopic (exact) mass is 507 g/mol. The summed E-state index contributed by atoms with van der Waals surface area (Å²) in [6.07, 6.45) is 3.96. The average Bonchev–Trinajstić information content (AvgIpc) is 3.39. The Morgan fingerprint density at radius 1 is 1.17 bits per heavy atom. The zero-order chi connectivity index (χ0) is 25.4. The van der Waals surface area contributed by atoms with E-state index in [1.807, 2.05) is 36.4 Å². The lowest BCUT2D eigenvalue weighted by molar-refractivity contribution is -0.138. The second kappa shape index (κ2) is 10.1. The lowest BCUT2D eigenvalue weighted by Gasteiger charge is -2.31. The van der Waals surface area contributed by atoms with Gasteiger partial charge in [0.2, 0.25) is 11.8 Å². The number of aromatic hydroxyl groups is 1. The highest BCUT2D eigenvalue weighted by atomic mass is 35.5. The molecule has 2 heterocycles. The van der Waals surface area contributed by atoms with Crippen molar-refractivity contribution in [1.82, 2.24) is 4.90 Å². The summed E-state index contributed by atoms with van der Waals surface area (Å²) >= 11 is 6.27. The largest absolute Gasteiger partial charge is 0.508 e. The van der Waals surface area contributed by atoms with Crippen molar-refractivity contribution in [2.45, 2.75) is 32.3 Å². The highest BCUT2D eigenvalue weighted by Gasteiger charge is 2.56. The highest BCUT2D eigenvalue weighted by molar-refractivity contribution is 6.32. The number of rotatable bonds is 7. The molecule has 6 nitrogen and oxygen atoms in total. The molecule has 0 unspecified atom stereocenters. The molecule has 4 atom stereocenters. The third-order valence-corrected chi connectivity index (χ3v) is 7.90. The third-order valence-electron chi connectivity index (χ3n) is 7.57. The van der Waals surface area contributed by atoms with Gasteiger partial charge in [-0.3, -0.25) is 14.5 Å². The van der Waals surface area contributed by atoms with E-state index < -0.39 is 0 Å². The number of hydrogen-bond donors (Lipinski definition) is 1. The van der Waals surface area contributed by atoms with Gasteiger partial charge in [0.25, 0.3) is 0 Å². The number of allylic oxidation sites excluding steroid dienone is 1. The van der Waals surface area contributed by atoms with E-state index in [1.165, 1.54) is 11.0 Å². The maximum absolute atomic E-state index is 13.0. The first kappa shape index (κ1) is 24.6. The molecule has 1 aliphatic carbocycles. The summed E-state index contributed by atoms with van der Waals surface area (Å²) in [6.45, 7) is 2.87. The van der Waals surface area contributed by atoms with Crippen LogP contribution in [0.4, 0.5) is 0 Å². The Balaban J connectivity index is 1.38. The maximum atomic E-state index is 13.0. The Morgan fingerprint density at radius 2 is 1.94 bits per heavy atom. The first-order valence-electron chi connectivity index (χ1n) is 12.3. The van der Waals surface area contributed by atoms with E-state index in [1.54, 1.807) is 19.2 Å². The van der Waals surface area contributed by atoms with Crippen molar-refractivity contribution in [3.8, 4) is 11.5 Å². The summed E-state index contributed by atoms with van der Waals surface area (Å²) in [4.78, 5) is 27.1. The van der Waals surface area contributed by atoms with Gasteiger partial charge in [0, 0.05) is 13.0 Å². The quantitative estimate of drug-likeness (QED) is 0.409. The molecule has 0 saturated carbocycles. The molecule has 7 heteroatoms. The number of fused-ring (bicyclic) bond motifs is 3. The van der Waals surface area contributed by atoms with E-state index in [2.05, 4.69) is 6.92 Å². The number of halogens is 1. The van der Waals surface area contributed by atoms with Crippen LogP contribution in [-0.2, 0) is 14.3 Å². The SMILES string of the molecule is C/C(=C\c1ccc(O)cc1Cl)CC[C@H]1OC[C@H]2C1=C(COc1ccccc1)C[C@H]1C(=O)N(C)C(=O)[C@H]12. The van der Waals surface area contributed by atoms with Gasteiger partial charge in [-0.25, -0.2) is 0 Å². The molecule has 1 N–H and O–H groups in total. The van der Waals surface area contributed by atoms with Gasteiger partial charge in [0.15, 0.2) is 0 Å². The summed E-state index contributed by atoms with van der Waals surface area (Å²) < 4.78 is 12.4. The van der Waals surface area contributed by atoms with E-state index in [9.17, 15) is 14.7 Å². The standard InChI is InChI=1S/C29H30ClNO5/c1-17(12-18-9-10-20(32)14-24(18)30)8-11-25-26-19(15-35-21-6-4-3-5-7-21)13-22-27(23(26)16-36-25)29(34)31(2)28(22)33/h3-7,9-10,12,14,22-23,25,27,32H,8,11,13,15-16H2,1-2H3/b17-12+/t22-,23+,25-,27-/m1/s1. The predicted octanol–water partition coefficient (Wildman–Crippen LogP) is 5.25. The lowest BCUT2D eigenvalue weighted by Crippen LogP contribution is -2.35. The molecule has 0 radical (unpaired) electrons. The number of benzene rings is 2. The minimum absolute atomic E-state index is 0.0969. The number of phenols is 1. The molecule has 36 heavy (non-hydrogen) atoms. The number of hydrogen-bond acceptors (Lipinski definition) is 5. The van der Waals surface area contributed by atoms with Gasteiger partial charge >= 0.3 is 0 Å². The van der Waals surface area contributed by atoms with Crippen LogP contribution >= 0.6 is 11.6 Å². The number of carbonyl (C=O) groups excluding carboxylic acids is 2. The van der Waals surface area contributed by atoms with E-state index >= 15 is 0 Å². The Kier molecular flexibility index (Phi) is 6.91. The minimum Gasteiger partial charge on any atom is -0.508 e. The predicted molar refractivity (Wildman–Crippen MR) is 138 cm³/mol. The molecule has 2 aliphatic heterocycles. The molecule has 0 bridgehead atoms. The van der Waals surface area contributed by atoms with Gasteiger partial charge in [0.1, 0.15) is 18.1 Å². The van der Waals surface area contributed by atoms with Crippen LogP contribution in [0, 0.1) is 17.8 Å². The number of ether oxygens (including phenoxy) is 2. The number of imide groups is 1. The fraction of sp³-hybridized carbons (Fsp3) is 0.379. The summed E-state index contributed by atoms with van der Waals surface area (Å²) in [5.74, 6) is -0.0806. The molecule has 2 amide bonds. The number of likely N-dealkylation sites (tertiary alicyclic amines) is 1. The van der Waals surface area contributed by atoms with Gasteiger partial charge in [-0.15, -0.1) is 0 Å². The van der Waals surface area contributed by atoms with Crippen LogP contribution in [0.1, 0.15) is 31.7 Å². The molecule has 2 aromatic rings. The molecule has 5 rings (SSSR count). The van der Waals surface area contributed by atoms with Crippen molar-refractivity contribution < 1.29 is 24.2 Å². The number of para-hydroxylation sites is 1. The van der Waals surface area contributed by atoms with Crippen molar-refractivity contribution in [2.24, 2.45) is 17.8 Å². The molecular weight excluding hydrogens is 478 g/mol. The van der Waals surface area contributed by atoms with E-state index in [-0.39, 0.29) is 41.4 Å². The van der Waals surface area contributed by atoms with Gasteiger partial charge in [-0.05, 0) is 73.2 Å². The first-order valence-corrected chi connectivity index (χ1v) is 12.7. The molecule has 0 aromatic heterocycles. The third kappa shape index (κ3) is 4.67. The average molecular weight is 508 g/mol. The van der Waals surface area contributed by atoms with Crippen LogP contribution in [0.15, 0.2) is 65.3 Å². The lowest BCUT2D eigenvalue weighted by atomic mass is 9.69. The summed E-state index contributed by atoms with van der Waals surface area (Å²) in [5, 5.41) is 10.1. The molecule has 2 saturated heterocycles. The maximum Gasteiger partial charge on any atom is 0.233 e. The Hall–Kier alpha value is -3.09. The topological polar surface area (TPSA) is 76.1 Å². The fourth-order valence-electron chi connectivity index (χ4n) is 5.78. The van der Waals surface area contributed by atoms with E-state index in [0.29, 0.717) is 24.7 Å². The van der Waals surface area contributed by atoms with Crippen LogP contribution in [0.25, 0.3) is 6.08 Å². The zero-order valence-corrected chi connectivity index (χ0v) is 21.2. The highest BCUT2D eigenvalue weighted by Crippen LogP contribution is 2.49. The normalized spacial score (nSPS) is 25.9. The van der Waals surface area contributed by atoms with Crippen molar-refractivity contribution in [3.05, 3.63) is 75.8 Å². The van der Waals surface area contributed by atoms with Crippen LogP contribution < -0.4 is 4.74 Å². The second-order valence-corrected chi connectivity index (χ2v) is 10.3. The van der Waals surface area contributed by atoms with Crippen molar-refractivity contribution in [3.63, 3.8) is 0 Å². The Labute approximate surface area is 216 Å². The number of nitrogens with zero attached hydrogens (tertiary/aromatic N) is 1. The van der Waals surface area contributed by atoms with Crippen LogP contribution in [0.3, 0.4) is 0 Å². The first-order chi connectivity index (χ1) is 17.3. The van der Waals surface area contributed by atoms with Crippen molar-refractivity contribution >= 4 is 29.5 Å². The molecule has 0 spiro atoms. The number of amides is 2. The Bertz CT molecular complexity index is 1240. The Morgan fingerprint density at radius 3 is 2.69 bits per heavy atom. The minimum atomic E-state index is -0.351. The summed E-state index contributed by atoms with van der Waals surface area (Å²) in [7, 11) is 1.58. The summed E-state index contributed by atoms with van der Waals surface area (Å²) in [6, 6.07) is 14.6. The van der Waals surface area contributed by atoms with Gasteiger partial charge in [-0.1, -0.05) is 41.4 Å². The van der Waals surface area contributed by atoms with Gasteiger partial charge < -0.3 is 14.6 Å². The van der Waals surface area contributed by atoms with Gasteiger partial charge in [0.05, 0.1) is 29.6 Å². The van der Waals surface area contributed by atoms with Crippen LogP contribution in [0.2, 0.25) is 5.02 Å². The van der Waals surface area contributed by atoms with Crippen LogP contribution in [0.5, 0.6) is 11.5 Å². The molecule has 3 aliphatic rings. The second-order valence-electron chi connectivity index (χ2n) is 9.90. The van der Waals surface area contributed by atoms with Gasteiger partial charge in [-0.2, -0.15) is 0 Å². The molecule has 188 valence electrons. The van der Waals surface area contributed by atoms with Crippen LogP contribution in [-0.4, -0.2) is 48.2 Å². The molecule has 2 fully saturated rings. The van der Waals surface area contributed by atoms with Crippen molar-refractivity contribution in [2.75, 3.05) is 20.3 Å². The zero-order valence-electron chi connectivity index (χ0n) is 20.4. The van der Waals surface area contributed by atoms with E-state index in [4.69, 9.17) is 21.1 Å². The smallest absolute Gasteiger partial charge is 0.233 e. The van der Waals surface area contributed by atoms with Crippen molar-refractivity contribution in [1.29, 1.82) is 0 Å². The fourth-order valence-corrected chi connectivity index (χ4v) is 6.01. The number of phenolic OH excluding ortho intramolecular Hbond substituents is 1.